The van der Waals surface area contributed by atoms with Gasteiger partial charge in [0.1, 0.15) is 0 Å². The molecule has 5 heteroatoms. The number of primary amides is 2. The molecular weight excluding hydrogens is 96.0 g/mol. The number of urea groups is 1. The highest BCUT2D eigenvalue weighted by Crippen LogP contribution is 1.25. The van der Waals surface area contributed by atoms with Crippen molar-refractivity contribution in [1.82, 2.24) is 5.43 Å². The Kier molecular flexibility index (Phi) is 12.1. The predicted octanol–water partition coefficient (Wildman–Crippen LogP) is -1.90. The number of amides is 2. The minimum absolute atomic E-state index is 0.833. The van der Waals surface area contributed by atoms with Gasteiger partial charge in [-0.25, -0.2) is 4.79 Å². The molecule has 0 aromatic rings. The maximum atomic E-state index is 9.00. The molecule has 2 amide bonds. The third-order valence-electron chi connectivity index (χ3n) is 0. The Balaban J connectivity index is 0. The van der Waals surface area contributed by atoms with Gasteiger partial charge in [0.2, 0.25) is 0 Å². The standard InChI is InChI=1S/CH4N2O.CH6N2/c2-1(3)4;1-3-2/h(H4,2,3,4);3H,2H2,1H3. The molecule has 0 bridgehead atoms. The second-order valence-electron chi connectivity index (χ2n) is 0.691. The van der Waals surface area contributed by atoms with E-state index in [0.29, 0.717) is 0 Å². The molecule has 0 aliphatic heterocycles. The number of hydrogen-bond acceptors (Lipinski definition) is 3. The third kappa shape index (κ3) is 80.5. The first-order chi connectivity index (χ1) is 3.15. The fourth-order valence-corrected chi connectivity index (χ4v) is 0. The maximum Gasteiger partial charge on any atom is 0.309 e. The van der Waals surface area contributed by atoms with Crippen LogP contribution in [0.5, 0.6) is 0 Å². The summed E-state index contributed by atoms with van der Waals surface area (Å²) in [6, 6.07) is -0.833. The predicted molar refractivity (Wildman–Crippen MR) is 27.0 cm³/mol. The number of nitrogens with one attached hydrogen (secondary N) is 1. The largest absolute Gasteiger partial charge is 0.352 e. The molecule has 0 saturated carbocycles. The summed E-state index contributed by atoms with van der Waals surface area (Å²) in [6.07, 6.45) is 0. The molecule has 5 nitrogen and oxygen atoms in total. The zero-order valence-electron chi connectivity index (χ0n) is 4.14. The summed E-state index contributed by atoms with van der Waals surface area (Å²) in [4.78, 5) is 9.00. The molecule has 7 heavy (non-hydrogen) atoms. The van der Waals surface area contributed by atoms with Gasteiger partial charge in [0, 0.05) is 0 Å². The molecule has 0 aliphatic rings. The van der Waals surface area contributed by atoms with Crippen LogP contribution < -0.4 is 22.7 Å². The van der Waals surface area contributed by atoms with Crippen LogP contribution in [0.25, 0.3) is 0 Å². The molecule has 0 aromatic carbocycles. The van der Waals surface area contributed by atoms with Gasteiger partial charge in [-0.05, 0) is 7.05 Å². The van der Waals surface area contributed by atoms with Crippen LogP contribution in [0, 0.1) is 0 Å². The van der Waals surface area contributed by atoms with Crippen molar-refractivity contribution in [3.63, 3.8) is 0 Å². The van der Waals surface area contributed by atoms with E-state index in [-0.39, 0.29) is 0 Å². The van der Waals surface area contributed by atoms with E-state index >= 15 is 0 Å². The fraction of sp³-hybridized carbons (Fsp3) is 0.500. The molecule has 0 aliphatic carbocycles. The van der Waals surface area contributed by atoms with E-state index in [1.165, 1.54) is 0 Å². The summed E-state index contributed by atoms with van der Waals surface area (Å²) in [6.45, 7) is 0. The molecule has 0 atom stereocenters. The van der Waals surface area contributed by atoms with Crippen LogP contribution in [0.1, 0.15) is 0 Å². The number of rotatable bonds is 0. The highest BCUT2D eigenvalue weighted by Gasteiger charge is 1.60. The molecule has 7 N–H and O–H groups in total. The SMILES string of the molecule is CNN.NC(N)=O. The van der Waals surface area contributed by atoms with E-state index in [1.807, 2.05) is 0 Å². The van der Waals surface area contributed by atoms with Crippen molar-refractivity contribution in [3.05, 3.63) is 0 Å². The minimum atomic E-state index is -0.833. The fourth-order valence-electron chi connectivity index (χ4n) is 0. The van der Waals surface area contributed by atoms with Gasteiger partial charge >= 0.3 is 6.03 Å². The molecule has 0 fully saturated rings. The number of carbonyl (C=O) groups is 1. The van der Waals surface area contributed by atoms with Gasteiger partial charge < -0.3 is 11.5 Å². The lowest BCUT2D eigenvalue weighted by molar-refractivity contribution is 0.256. The van der Waals surface area contributed by atoms with E-state index in [0.717, 1.165) is 0 Å². The molecule has 0 saturated heterocycles. The summed E-state index contributed by atoms with van der Waals surface area (Å²) in [7, 11) is 1.65. The lowest BCUT2D eigenvalue weighted by atomic mass is 11.2. The Morgan fingerprint density at radius 3 is 1.57 bits per heavy atom. The van der Waals surface area contributed by atoms with Crippen molar-refractivity contribution in [3.8, 4) is 0 Å². The smallest absolute Gasteiger partial charge is 0.309 e. The van der Waals surface area contributed by atoms with E-state index in [2.05, 4.69) is 22.7 Å². The van der Waals surface area contributed by atoms with Gasteiger partial charge in [-0.15, -0.1) is 0 Å². The van der Waals surface area contributed by atoms with Crippen molar-refractivity contribution in [2.45, 2.75) is 0 Å². The average Bonchev–Trinajstić information content (AvgIpc) is 1.33. The van der Waals surface area contributed by atoms with Crippen molar-refractivity contribution < 1.29 is 4.79 Å². The summed E-state index contributed by atoms with van der Waals surface area (Å²) < 4.78 is 0. The molecule has 0 rings (SSSR count). The van der Waals surface area contributed by atoms with Crippen molar-refractivity contribution in [2.24, 2.45) is 17.3 Å². The minimum Gasteiger partial charge on any atom is -0.352 e. The molecule has 44 valence electrons. The normalized spacial score (nSPS) is 6.00. The monoisotopic (exact) mass is 106 g/mol. The average molecular weight is 106 g/mol. The van der Waals surface area contributed by atoms with Crippen LogP contribution in [0.3, 0.4) is 0 Å². The molecule has 0 heterocycles. The zero-order valence-corrected chi connectivity index (χ0v) is 4.14. The Bertz CT molecular complexity index is 41.0. The number of nitrogens with two attached hydrogens (primary N) is 3. The van der Waals surface area contributed by atoms with Gasteiger partial charge in [-0.2, -0.15) is 0 Å². The van der Waals surface area contributed by atoms with Crippen LogP contribution in [-0.4, -0.2) is 13.1 Å². The van der Waals surface area contributed by atoms with Crippen molar-refractivity contribution in [1.29, 1.82) is 0 Å². The lowest BCUT2D eigenvalue weighted by Gasteiger charge is -1.62. The molecule has 0 radical (unpaired) electrons. The number of carbonyl (C=O) groups excluding carboxylic acids is 1. The van der Waals surface area contributed by atoms with Crippen molar-refractivity contribution in [2.75, 3.05) is 7.05 Å². The summed E-state index contributed by atoms with van der Waals surface area (Å²) in [5.74, 6) is 4.60. The number of hydrazine groups is 1. The Morgan fingerprint density at radius 2 is 1.57 bits per heavy atom. The third-order valence-corrected chi connectivity index (χ3v) is 0. The molecule has 0 aromatic heterocycles. The van der Waals surface area contributed by atoms with E-state index in [1.54, 1.807) is 7.05 Å². The maximum absolute atomic E-state index is 9.00. The first-order valence-corrected chi connectivity index (χ1v) is 1.57. The molecule has 0 unspecified atom stereocenters. The van der Waals surface area contributed by atoms with E-state index in [9.17, 15) is 0 Å². The second kappa shape index (κ2) is 8.95. The van der Waals surface area contributed by atoms with Crippen LogP contribution in [0.4, 0.5) is 4.79 Å². The zero-order chi connectivity index (χ0) is 6.28. The molecule has 0 spiro atoms. The highest BCUT2D eigenvalue weighted by atomic mass is 16.2. The van der Waals surface area contributed by atoms with Gasteiger partial charge in [-0.1, -0.05) is 0 Å². The quantitative estimate of drug-likeness (QED) is 0.214. The van der Waals surface area contributed by atoms with E-state index in [4.69, 9.17) is 4.79 Å². The van der Waals surface area contributed by atoms with Crippen LogP contribution in [-0.2, 0) is 0 Å². The van der Waals surface area contributed by atoms with E-state index < -0.39 is 6.03 Å². The Morgan fingerprint density at radius 1 is 1.57 bits per heavy atom. The molecular formula is C2H10N4O. The Labute approximate surface area is 41.8 Å². The topological polar surface area (TPSA) is 107 Å². The first-order valence-electron chi connectivity index (χ1n) is 1.57. The second-order valence-corrected chi connectivity index (χ2v) is 0.691. The van der Waals surface area contributed by atoms with Gasteiger partial charge in [0.25, 0.3) is 0 Å². The van der Waals surface area contributed by atoms with Crippen LogP contribution in [0.15, 0.2) is 0 Å². The van der Waals surface area contributed by atoms with Gasteiger partial charge in [-0.3, -0.25) is 11.3 Å². The Hall–Kier alpha value is -0.810. The summed E-state index contributed by atoms with van der Waals surface area (Å²) >= 11 is 0. The van der Waals surface area contributed by atoms with Gasteiger partial charge in [0.05, 0.1) is 0 Å². The summed E-state index contributed by atoms with van der Waals surface area (Å²) in [5, 5.41) is 0. The first kappa shape index (κ1) is 9.50. The number of hydrogen-bond donors (Lipinski definition) is 4. The van der Waals surface area contributed by atoms with Crippen LogP contribution in [0.2, 0.25) is 0 Å². The highest BCUT2D eigenvalue weighted by molar-refractivity contribution is 5.69. The summed E-state index contributed by atoms with van der Waals surface area (Å²) in [5.41, 5.74) is 10.8. The van der Waals surface area contributed by atoms with Crippen molar-refractivity contribution >= 4 is 6.03 Å². The lowest BCUT2D eigenvalue weighted by Crippen LogP contribution is -2.18. The van der Waals surface area contributed by atoms with Gasteiger partial charge in [0.15, 0.2) is 0 Å². The van der Waals surface area contributed by atoms with Crippen LogP contribution >= 0.6 is 0 Å².